The van der Waals surface area contributed by atoms with Crippen LogP contribution in [0.15, 0.2) is 91.0 Å². The fraction of sp³-hybridized carbons (Fsp3) is 0.400. The molecule has 5 heteroatoms. The van der Waals surface area contributed by atoms with E-state index in [0.717, 1.165) is 28.8 Å². The fourth-order valence-corrected chi connectivity index (χ4v) is 11.5. The lowest BCUT2D eigenvalue weighted by molar-refractivity contribution is 0.0500. The molecule has 0 N–H and O–H groups in total. The van der Waals surface area contributed by atoms with Crippen molar-refractivity contribution in [2.24, 2.45) is 17.8 Å². The SMILES string of the molecule is CC(C)[C@@H]1CC[C@@H](C)C[C@H]1O[P@@](=O)(CCP(=O)(c1ccccc1)c1ccccc1)c1ccccc1. The van der Waals surface area contributed by atoms with E-state index in [-0.39, 0.29) is 12.3 Å². The van der Waals surface area contributed by atoms with Crippen LogP contribution < -0.4 is 15.9 Å². The third-order valence-corrected chi connectivity index (χ3v) is 13.5. The van der Waals surface area contributed by atoms with Crippen molar-refractivity contribution in [3.63, 3.8) is 0 Å². The van der Waals surface area contributed by atoms with Gasteiger partial charge in [0.2, 0.25) is 7.37 Å². The summed E-state index contributed by atoms with van der Waals surface area (Å²) in [6, 6.07) is 28.9. The minimum absolute atomic E-state index is 0.0439. The number of hydrogen-bond donors (Lipinski definition) is 0. The second kappa shape index (κ2) is 11.4. The normalized spacial score (nSPS) is 22.6. The molecule has 186 valence electrons. The Kier molecular flexibility index (Phi) is 8.54. The van der Waals surface area contributed by atoms with Crippen molar-refractivity contribution in [3.05, 3.63) is 91.0 Å². The average Bonchev–Trinajstić information content (AvgIpc) is 2.89. The molecule has 0 heterocycles. The van der Waals surface area contributed by atoms with Gasteiger partial charge in [-0.3, -0.25) is 4.57 Å². The number of hydrogen-bond acceptors (Lipinski definition) is 3. The molecule has 0 saturated heterocycles. The van der Waals surface area contributed by atoms with E-state index in [1.165, 1.54) is 6.42 Å². The zero-order chi connectivity index (χ0) is 24.9. The zero-order valence-electron chi connectivity index (χ0n) is 21.1. The summed E-state index contributed by atoms with van der Waals surface area (Å²) in [5.41, 5.74) is 0. The van der Waals surface area contributed by atoms with Gasteiger partial charge in [0.15, 0.2) is 0 Å². The first-order valence-electron chi connectivity index (χ1n) is 12.9. The molecule has 1 saturated carbocycles. The molecule has 4 rings (SSSR count). The molecule has 3 aromatic rings. The summed E-state index contributed by atoms with van der Waals surface area (Å²) in [6.45, 7) is 6.74. The fourth-order valence-electron chi connectivity index (χ4n) is 5.37. The van der Waals surface area contributed by atoms with Crippen molar-refractivity contribution in [1.82, 2.24) is 0 Å². The summed E-state index contributed by atoms with van der Waals surface area (Å²) < 4.78 is 36.1. The molecule has 0 aliphatic heterocycles. The number of benzene rings is 3. The highest BCUT2D eigenvalue weighted by atomic mass is 31.2. The molecule has 0 aromatic heterocycles. The van der Waals surface area contributed by atoms with E-state index in [1.54, 1.807) is 0 Å². The van der Waals surface area contributed by atoms with E-state index in [1.807, 2.05) is 91.0 Å². The van der Waals surface area contributed by atoms with Crippen LogP contribution in [0.3, 0.4) is 0 Å². The molecular formula is C30H38O3P2. The van der Waals surface area contributed by atoms with Crippen LogP contribution in [0.5, 0.6) is 0 Å². The smallest absolute Gasteiger partial charge is 0.232 e. The highest BCUT2D eigenvalue weighted by Gasteiger charge is 2.39. The molecule has 35 heavy (non-hydrogen) atoms. The molecular weight excluding hydrogens is 470 g/mol. The van der Waals surface area contributed by atoms with E-state index in [9.17, 15) is 9.13 Å². The lowest BCUT2D eigenvalue weighted by Gasteiger charge is -2.39. The van der Waals surface area contributed by atoms with E-state index in [2.05, 4.69) is 20.8 Å². The Morgan fingerprint density at radius 3 is 1.71 bits per heavy atom. The van der Waals surface area contributed by atoms with Gasteiger partial charge in [0, 0.05) is 28.2 Å². The summed E-state index contributed by atoms with van der Waals surface area (Å²) in [6.07, 6.45) is 3.74. The van der Waals surface area contributed by atoms with Gasteiger partial charge in [0.25, 0.3) is 0 Å². The van der Waals surface area contributed by atoms with Gasteiger partial charge in [0.1, 0.15) is 7.14 Å². The summed E-state index contributed by atoms with van der Waals surface area (Å²) in [5, 5.41) is 2.34. The quantitative estimate of drug-likeness (QED) is 0.290. The highest BCUT2D eigenvalue weighted by molar-refractivity contribution is 7.79. The van der Waals surface area contributed by atoms with Gasteiger partial charge in [-0.05, 0) is 42.7 Å². The maximum Gasteiger partial charge on any atom is 0.232 e. The Hall–Kier alpha value is -1.92. The van der Waals surface area contributed by atoms with Crippen LogP contribution >= 0.6 is 14.5 Å². The van der Waals surface area contributed by atoms with Gasteiger partial charge in [-0.25, -0.2) is 0 Å². The molecule has 0 unspecified atom stereocenters. The van der Waals surface area contributed by atoms with Crippen LogP contribution in [0.25, 0.3) is 0 Å². The molecule has 3 nitrogen and oxygen atoms in total. The van der Waals surface area contributed by atoms with E-state index in [0.29, 0.717) is 23.9 Å². The van der Waals surface area contributed by atoms with Crippen molar-refractivity contribution in [1.29, 1.82) is 0 Å². The van der Waals surface area contributed by atoms with Gasteiger partial charge < -0.3 is 9.09 Å². The monoisotopic (exact) mass is 508 g/mol. The van der Waals surface area contributed by atoms with Crippen LogP contribution in [-0.4, -0.2) is 18.4 Å². The number of rotatable bonds is 9. The average molecular weight is 509 g/mol. The standard InChI is InChI=1S/C30H38O3P2/c1-24(2)29-20-19-25(3)23-30(29)33-35(32,28-17-11-6-12-18-28)22-21-34(31,26-13-7-4-8-14-26)27-15-9-5-10-16-27/h4-18,24-25,29-30H,19-23H2,1-3H3/t25-,29+,30-,35+/m1/s1. The van der Waals surface area contributed by atoms with Crippen molar-refractivity contribution in [2.45, 2.75) is 46.1 Å². The Morgan fingerprint density at radius 1 is 0.743 bits per heavy atom. The Morgan fingerprint density at radius 2 is 1.23 bits per heavy atom. The molecule has 4 atom stereocenters. The van der Waals surface area contributed by atoms with Gasteiger partial charge in [-0.15, -0.1) is 0 Å². The highest BCUT2D eigenvalue weighted by Crippen LogP contribution is 2.55. The minimum atomic E-state index is -3.25. The first kappa shape index (κ1) is 26.2. The summed E-state index contributed by atoms with van der Waals surface area (Å²) in [5.74, 6) is 1.41. The molecule has 0 spiro atoms. The third-order valence-electron chi connectivity index (χ3n) is 7.47. The van der Waals surface area contributed by atoms with Gasteiger partial charge in [-0.2, -0.15) is 0 Å². The van der Waals surface area contributed by atoms with Crippen LogP contribution in [-0.2, 0) is 13.7 Å². The zero-order valence-corrected chi connectivity index (χ0v) is 22.9. The first-order valence-corrected chi connectivity index (χ1v) is 16.6. The van der Waals surface area contributed by atoms with Crippen LogP contribution in [0.1, 0.15) is 40.0 Å². The minimum Gasteiger partial charge on any atom is -0.322 e. The van der Waals surface area contributed by atoms with E-state index in [4.69, 9.17) is 4.52 Å². The molecule has 3 aromatic carbocycles. The Labute approximate surface area is 211 Å². The molecule has 1 aliphatic rings. The Bertz CT molecular complexity index is 1120. The van der Waals surface area contributed by atoms with Crippen LogP contribution in [0, 0.1) is 17.8 Å². The summed E-state index contributed by atoms with van der Waals surface area (Å²) in [7, 11) is -6.25. The summed E-state index contributed by atoms with van der Waals surface area (Å²) in [4.78, 5) is 0. The molecule has 1 aliphatic carbocycles. The van der Waals surface area contributed by atoms with Gasteiger partial charge in [-0.1, -0.05) is 106 Å². The lowest BCUT2D eigenvalue weighted by atomic mass is 9.75. The molecule has 1 fully saturated rings. The van der Waals surface area contributed by atoms with Crippen molar-refractivity contribution >= 4 is 30.4 Å². The Balaban J connectivity index is 1.69. The third kappa shape index (κ3) is 6.08. The van der Waals surface area contributed by atoms with Crippen molar-refractivity contribution in [3.8, 4) is 0 Å². The van der Waals surface area contributed by atoms with Crippen LogP contribution in [0.4, 0.5) is 0 Å². The maximum absolute atomic E-state index is 14.7. The first-order chi connectivity index (χ1) is 16.8. The van der Waals surface area contributed by atoms with Crippen molar-refractivity contribution < 1.29 is 13.7 Å². The molecule has 0 amide bonds. The second-order valence-corrected chi connectivity index (χ2v) is 15.8. The van der Waals surface area contributed by atoms with E-state index >= 15 is 0 Å². The lowest BCUT2D eigenvalue weighted by Crippen LogP contribution is -2.35. The maximum atomic E-state index is 14.7. The van der Waals surface area contributed by atoms with Gasteiger partial charge >= 0.3 is 0 Å². The topological polar surface area (TPSA) is 43.4 Å². The predicted molar refractivity (Wildman–Crippen MR) is 149 cm³/mol. The predicted octanol–water partition coefficient (Wildman–Crippen LogP) is 7.08. The van der Waals surface area contributed by atoms with Crippen molar-refractivity contribution in [2.75, 3.05) is 12.3 Å². The summed E-state index contributed by atoms with van der Waals surface area (Å²) >= 11 is 0. The molecule has 0 bridgehead atoms. The molecule has 0 radical (unpaired) electrons. The van der Waals surface area contributed by atoms with E-state index < -0.39 is 14.5 Å². The van der Waals surface area contributed by atoms with Gasteiger partial charge in [0.05, 0.1) is 6.10 Å². The largest absolute Gasteiger partial charge is 0.322 e. The van der Waals surface area contributed by atoms with Crippen LogP contribution in [0.2, 0.25) is 0 Å². The second-order valence-electron chi connectivity index (χ2n) is 10.3.